The van der Waals surface area contributed by atoms with Crippen molar-refractivity contribution < 1.29 is 0 Å². The predicted octanol–water partition coefficient (Wildman–Crippen LogP) is 25.4. The van der Waals surface area contributed by atoms with Crippen LogP contribution in [0, 0.1) is 0 Å². The number of aromatic nitrogens is 4. The maximum atomic E-state index is 2.45. The van der Waals surface area contributed by atoms with E-state index in [4.69, 9.17) is 0 Å². The lowest BCUT2D eigenvalue weighted by atomic mass is 9.82. The Labute approximate surface area is 580 Å². The molecular formula is C96H68N4. The van der Waals surface area contributed by atoms with Gasteiger partial charge in [0.2, 0.25) is 0 Å². The van der Waals surface area contributed by atoms with Gasteiger partial charge in [0.05, 0.1) is 44.1 Å². The third-order valence-corrected chi connectivity index (χ3v) is 22.3. The maximum Gasteiger partial charge on any atom is 0.0541 e. The van der Waals surface area contributed by atoms with Gasteiger partial charge in [0.15, 0.2) is 0 Å². The summed E-state index contributed by atoms with van der Waals surface area (Å²) in [6.45, 7) is 9.42. The van der Waals surface area contributed by atoms with Crippen molar-refractivity contribution in [3.05, 3.63) is 362 Å². The number of para-hydroxylation sites is 5. The van der Waals surface area contributed by atoms with E-state index in [1.165, 1.54) is 182 Å². The SMILES string of the molecule is CC1(C)c2ccccc2-c2ccc(-n3c4ccccc4c4cc(-c5ccc6c(c5)c5ccccc5n6-c5ccc(-c6ccccc6)cc5)ccc43)cc21.CC1(C)c2ccccc2-c2ccc(-n3c4ccccc4c4cc(-c5ccc6c(c5)c5ccccc5n6-c5ccccc5)ccc43)cc21. The Balaban J connectivity index is 0.000000136. The molecule has 4 nitrogen and oxygen atoms in total. The average molecular weight is 1280 g/mol. The fraction of sp³-hybridized carbons (Fsp3) is 0.0625. The second-order valence-electron chi connectivity index (χ2n) is 28.4. The van der Waals surface area contributed by atoms with Crippen LogP contribution in [0.25, 0.3) is 166 Å². The molecule has 4 heteroatoms. The van der Waals surface area contributed by atoms with Crippen LogP contribution in [-0.2, 0) is 10.8 Å². The second-order valence-corrected chi connectivity index (χ2v) is 28.4. The van der Waals surface area contributed by atoms with Gasteiger partial charge in [-0.2, -0.15) is 0 Å². The molecule has 0 saturated carbocycles. The lowest BCUT2D eigenvalue weighted by molar-refractivity contribution is 0.660. The van der Waals surface area contributed by atoms with Crippen molar-refractivity contribution in [3.63, 3.8) is 0 Å². The Morgan fingerprint density at radius 3 is 0.810 bits per heavy atom. The molecule has 0 atom stereocenters. The van der Waals surface area contributed by atoms with Gasteiger partial charge >= 0.3 is 0 Å². The molecule has 21 rings (SSSR count). The zero-order valence-electron chi connectivity index (χ0n) is 56.1. The molecule has 0 saturated heterocycles. The van der Waals surface area contributed by atoms with Crippen molar-refractivity contribution in [2.75, 3.05) is 0 Å². The number of nitrogens with zero attached hydrogens (tertiary/aromatic N) is 4. The van der Waals surface area contributed by atoms with Crippen LogP contribution in [0.1, 0.15) is 49.9 Å². The molecule has 0 N–H and O–H groups in total. The molecule has 0 unspecified atom stereocenters. The van der Waals surface area contributed by atoms with E-state index in [1.807, 2.05) is 0 Å². The summed E-state index contributed by atoms with van der Waals surface area (Å²) in [6, 6.07) is 125. The van der Waals surface area contributed by atoms with Gasteiger partial charge in [-0.3, -0.25) is 0 Å². The summed E-state index contributed by atoms with van der Waals surface area (Å²) in [5.74, 6) is 0. The summed E-state index contributed by atoms with van der Waals surface area (Å²) in [5, 5.41) is 10.1. The number of hydrogen-bond acceptors (Lipinski definition) is 0. The predicted molar refractivity (Wildman–Crippen MR) is 422 cm³/mol. The first-order valence-corrected chi connectivity index (χ1v) is 35.0. The summed E-state index contributed by atoms with van der Waals surface area (Å²) >= 11 is 0. The second kappa shape index (κ2) is 22.0. The highest BCUT2D eigenvalue weighted by Gasteiger charge is 2.37. The molecular weight excluding hydrogens is 1210 g/mol. The van der Waals surface area contributed by atoms with Crippen LogP contribution in [0.3, 0.4) is 0 Å². The van der Waals surface area contributed by atoms with Gasteiger partial charge < -0.3 is 18.3 Å². The molecule has 0 spiro atoms. The molecule has 0 bridgehead atoms. The minimum atomic E-state index is -0.0543. The summed E-state index contributed by atoms with van der Waals surface area (Å²) in [6.07, 6.45) is 0. The smallest absolute Gasteiger partial charge is 0.0541 e. The van der Waals surface area contributed by atoms with Gasteiger partial charge in [0, 0.05) is 76.7 Å². The first-order chi connectivity index (χ1) is 49.1. The van der Waals surface area contributed by atoms with E-state index in [0.29, 0.717) is 0 Å². The van der Waals surface area contributed by atoms with Crippen molar-refractivity contribution in [2.24, 2.45) is 0 Å². The highest BCUT2D eigenvalue weighted by molar-refractivity contribution is 6.15. The quantitative estimate of drug-likeness (QED) is 0.152. The average Bonchev–Trinajstić information content (AvgIpc) is 1.57. The van der Waals surface area contributed by atoms with Crippen LogP contribution in [0.5, 0.6) is 0 Å². The largest absolute Gasteiger partial charge is 0.309 e. The molecule has 2 aliphatic rings. The number of rotatable bonds is 7. The Hall–Kier alpha value is -12.5. The lowest BCUT2D eigenvalue weighted by Gasteiger charge is -2.22. The van der Waals surface area contributed by atoms with E-state index in [2.05, 4.69) is 386 Å². The van der Waals surface area contributed by atoms with Gasteiger partial charge in [0.1, 0.15) is 0 Å². The Morgan fingerprint density at radius 1 is 0.170 bits per heavy atom. The highest BCUT2D eigenvalue weighted by atomic mass is 15.0. The molecule has 0 radical (unpaired) electrons. The third kappa shape index (κ3) is 8.66. The number of hydrogen-bond donors (Lipinski definition) is 0. The van der Waals surface area contributed by atoms with Crippen molar-refractivity contribution in [1.29, 1.82) is 0 Å². The van der Waals surface area contributed by atoms with Gasteiger partial charge in [0.25, 0.3) is 0 Å². The number of fused-ring (bicyclic) bond motifs is 18. The van der Waals surface area contributed by atoms with Crippen molar-refractivity contribution >= 4 is 87.2 Å². The third-order valence-electron chi connectivity index (χ3n) is 22.3. The van der Waals surface area contributed by atoms with Gasteiger partial charge in [-0.05, 0) is 199 Å². The molecule has 0 fully saturated rings. The summed E-state index contributed by atoms with van der Waals surface area (Å²) in [4.78, 5) is 0. The molecule has 472 valence electrons. The fourth-order valence-corrected chi connectivity index (χ4v) is 17.4. The number of benzene rings is 15. The van der Waals surface area contributed by atoms with E-state index >= 15 is 0 Å². The Morgan fingerprint density at radius 2 is 0.430 bits per heavy atom. The molecule has 15 aromatic carbocycles. The summed E-state index contributed by atoms with van der Waals surface area (Å²) in [7, 11) is 0. The van der Waals surface area contributed by atoms with Gasteiger partial charge in [-0.1, -0.05) is 246 Å². The van der Waals surface area contributed by atoms with Crippen LogP contribution in [0.4, 0.5) is 0 Å². The van der Waals surface area contributed by atoms with Crippen molar-refractivity contribution in [1.82, 2.24) is 18.3 Å². The Bertz CT molecular complexity index is 6560. The van der Waals surface area contributed by atoms with E-state index in [9.17, 15) is 0 Å². The van der Waals surface area contributed by atoms with Gasteiger partial charge in [-0.25, -0.2) is 0 Å². The summed E-state index contributed by atoms with van der Waals surface area (Å²) < 4.78 is 9.68. The van der Waals surface area contributed by atoms with Crippen molar-refractivity contribution in [3.8, 4) is 78.4 Å². The molecule has 0 aliphatic heterocycles. The van der Waals surface area contributed by atoms with Gasteiger partial charge in [-0.15, -0.1) is 0 Å². The minimum absolute atomic E-state index is 0.0455. The van der Waals surface area contributed by atoms with E-state index in [0.717, 1.165) is 5.69 Å². The molecule has 4 aromatic heterocycles. The molecule has 19 aromatic rings. The summed E-state index contributed by atoms with van der Waals surface area (Å²) in [5.41, 5.74) is 32.8. The normalized spacial score (nSPS) is 13.4. The van der Waals surface area contributed by atoms with Crippen LogP contribution in [-0.4, -0.2) is 18.3 Å². The monoisotopic (exact) mass is 1280 g/mol. The zero-order chi connectivity index (χ0) is 66.5. The molecule has 100 heavy (non-hydrogen) atoms. The first-order valence-electron chi connectivity index (χ1n) is 35.0. The van der Waals surface area contributed by atoms with Crippen LogP contribution < -0.4 is 0 Å². The van der Waals surface area contributed by atoms with Crippen LogP contribution >= 0.6 is 0 Å². The molecule has 4 heterocycles. The van der Waals surface area contributed by atoms with E-state index < -0.39 is 0 Å². The van der Waals surface area contributed by atoms with Crippen LogP contribution in [0.2, 0.25) is 0 Å². The van der Waals surface area contributed by atoms with Crippen LogP contribution in [0.15, 0.2) is 340 Å². The highest BCUT2D eigenvalue weighted by Crippen LogP contribution is 2.52. The zero-order valence-corrected chi connectivity index (χ0v) is 56.1. The molecule has 2 aliphatic carbocycles. The standard InChI is InChI=1S/C51H36N2.C45H32N2/c1-51(2)45-17-9-6-14-39(45)40-27-26-38(32-46(40)51)53-48-19-11-8-16-42(48)44-31-36(23-29-50(44)53)35-22-28-49-43(30-35)41-15-7-10-18-47(41)52(49)37-24-20-34(21-25-37)33-12-4-3-5-13-33;1-45(2)39-17-9-6-14-33(39)34-23-22-32(28-40(34)45)47-42-19-11-8-16-36(42)38-27-30(21-25-44(38)47)29-20-24-43-37(26-29)35-15-7-10-18-41(35)46(43)31-12-4-3-5-13-31/h3-32H,1-2H3;3-28H,1-2H3. The molecule has 0 amide bonds. The fourth-order valence-electron chi connectivity index (χ4n) is 17.4. The lowest BCUT2D eigenvalue weighted by Crippen LogP contribution is -2.15. The minimum Gasteiger partial charge on any atom is -0.309 e. The van der Waals surface area contributed by atoms with E-state index in [-0.39, 0.29) is 10.8 Å². The first kappa shape index (κ1) is 57.7. The van der Waals surface area contributed by atoms with Crippen molar-refractivity contribution in [2.45, 2.75) is 38.5 Å². The van der Waals surface area contributed by atoms with E-state index in [1.54, 1.807) is 0 Å². The maximum absolute atomic E-state index is 2.45. The topological polar surface area (TPSA) is 19.7 Å². The Kier molecular flexibility index (Phi) is 12.7.